The second-order valence-corrected chi connectivity index (χ2v) is 13.1. The van der Waals surface area contributed by atoms with Gasteiger partial charge in [0.05, 0.1) is 11.7 Å². The number of ether oxygens (including phenoxy) is 2. The SMILES string of the molecule is C[C@]12C=CC(=O)C=C1CC[C@H]1[C@@H]3CCC(OC(=O)c4ccc(Cc5ccccc5)cc4)(C(=O)OCC#N)[C@@]3(C)C[C@H](O)C12F. The number of nitriles is 1. The van der Waals surface area contributed by atoms with Gasteiger partial charge in [-0.1, -0.05) is 61.0 Å². The molecule has 0 spiro atoms. The number of fused-ring (bicyclic) bond motifs is 5. The van der Waals surface area contributed by atoms with Crippen LogP contribution in [-0.4, -0.2) is 46.8 Å². The number of aliphatic hydroxyl groups excluding tert-OH is 1. The van der Waals surface area contributed by atoms with E-state index in [4.69, 9.17) is 14.7 Å². The zero-order chi connectivity index (χ0) is 31.3. The Balaban J connectivity index is 1.32. The van der Waals surface area contributed by atoms with Crippen LogP contribution in [-0.2, 0) is 25.5 Å². The fourth-order valence-electron chi connectivity index (χ4n) is 8.76. The van der Waals surface area contributed by atoms with Crippen molar-refractivity contribution >= 4 is 17.7 Å². The summed E-state index contributed by atoms with van der Waals surface area (Å²) in [5.74, 6) is -2.89. The van der Waals surface area contributed by atoms with Crippen molar-refractivity contribution in [2.75, 3.05) is 6.61 Å². The van der Waals surface area contributed by atoms with E-state index >= 15 is 4.39 Å². The number of hydrogen-bond donors (Lipinski definition) is 1. The van der Waals surface area contributed by atoms with Gasteiger partial charge in [-0.2, -0.15) is 5.26 Å². The van der Waals surface area contributed by atoms with E-state index in [-0.39, 0.29) is 24.2 Å². The van der Waals surface area contributed by atoms with E-state index in [2.05, 4.69) is 0 Å². The summed E-state index contributed by atoms with van der Waals surface area (Å²) in [6, 6.07) is 18.7. The normalized spacial score (nSPS) is 35.4. The van der Waals surface area contributed by atoms with E-state index in [0.717, 1.165) is 11.1 Å². The smallest absolute Gasteiger partial charge is 0.352 e. The molecule has 3 fully saturated rings. The van der Waals surface area contributed by atoms with Crippen LogP contribution in [0.15, 0.2) is 78.4 Å². The Morgan fingerprint density at radius 2 is 1.75 bits per heavy atom. The fourth-order valence-corrected chi connectivity index (χ4v) is 8.76. The minimum absolute atomic E-state index is 0.0727. The molecule has 4 aliphatic rings. The molecule has 0 amide bonds. The van der Waals surface area contributed by atoms with Gasteiger partial charge in [-0.25, -0.2) is 14.0 Å². The van der Waals surface area contributed by atoms with Crippen LogP contribution in [0.1, 0.15) is 67.4 Å². The number of rotatable bonds is 6. The van der Waals surface area contributed by atoms with E-state index in [1.54, 1.807) is 38.1 Å². The molecular weight excluding hydrogens is 561 g/mol. The minimum atomic E-state index is -2.09. The maximum absolute atomic E-state index is 17.5. The molecule has 0 saturated heterocycles. The summed E-state index contributed by atoms with van der Waals surface area (Å²) in [6.07, 6.45) is 4.70. The molecule has 0 aliphatic heterocycles. The summed E-state index contributed by atoms with van der Waals surface area (Å²) in [5.41, 5.74) is -3.25. The first-order valence-electron chi connectivity index (χ1n) is 15.2. The van der Waals surface area contributed by atoms with Gasteiger partial charge in [-0.3, -0.25) is 4.79 Å². The standard InChI is InChI=1S/C36H36FNO6/c1-33-16-14-27(39)21-26(33)12-13-29-28-15-17-35(32(42)43-19-18-38,34(28,2)22-30(40)36(29,33)37)44-31(41)25-10-8-24(9-11-25)20-23-6-4-3-5-7-23/h3-11,14,16,21,28-30,40H,12-13,15,17,19-20,22H2,1-2H3/t28-,29-,30-,33-,34-,35?,36?/m0/s1. The summed E-state index contributed by atoms with van der Waals surface area (Å²) < 4.78 is 29.0. The highest BCUT2D eigenvalue weighted by molar-refractivity contribution is 6.01. The number of alkyl halides is 1. The number of nitrogens with zero attached hydrogens (tertiary/aromatic N) is 1. The highest BCUT2D eigenvalue weighted by Crippen LogP contribution is 2.70. The Bertz CT molecular complexity index is 1590. The van der Waals surface area contributed by atoms with Gasteiger partial charge >= 0.3 is 11.9 Å². The molecule has 0 bridgehead atoms. The summed E-state index contributed by atoms with van der Waals surface area (Å²) in [4.78, 5) is 39.6. The lowest BCUT2D eigenvalue weighted by Gasteiger charge is -2.62. The van der Waals surface area contributed by atoms with Crippen LogP contribution in [0.4, 0.5) is 4.39 Å². The molecule has 4 aliphatic carbocycles. The third-order valence-electron chi connectivity index (χ3n) is 11.1. The Morgan fingerprint density at radius 1 is 1.05 bits per heavy atom. The zero-order valence-electron chi connectivity index (χ0n) is 24.9. The quantitative estimate of drug-likeness (QED) is 0.431. The summed E-state index contributed by atoms with van der Waals surface area (Å²) in [6.45, 7) is 2.97. The second-order valence-electron chi connectivity index (χ2n) is 13.1. The first-order chi connectivity index (χ1) is 21.0. The topological polar surface area (TPSA) is 114 Å². The summed E-state index contributed by atoms with van der Waals surface area (Å²) in [7, 11) is 0. The molecule has 8 heteroatoms. The Labute approximate surface area is 256 Å². The van der Waals surface area contributed by atoms with Crippen LogP contribution in [0, 0.1) is 34.0 Å². The average molecular weight is 598 g/mol. The van der Waals surface area contributed by atoms with Gasteiger partial charge in [0.25, 0.3) is 0 Å². The number of ketones is 1. The summed E-state index contributed by atoms with van der Waals surface area (Å²) in [5, 5.41) is 20.8. The maximum Gasteiger partial charge on any atom is 0.352 e. The van der Waals surface area contributed by atoms with Crippen LogP contribution in [0.2, 0.25) is 0 Å². The molecule has 44 heavy (non-hydrogen) atoms. The van der Waals surface area contributed by atoms with E-state index in [0.29, 0.717) is 31.3 Å². The van der Waals surface area contributed by atoms with Gasteiger partial charge in [0.1, 0.15) is 6.07 Å². The molecule has 228 valence electrons. The van der Waals surface area contributed by atoms with Crippen molar-refractivity contribution in [1.82, 2.24) is 0 Å². The molecule has 1 N–H and O–H groups in total. The van der Waals surface area contributed by atoms with Gasteiger partial charge in [0.15, 0.2) is 18.1 Å². The number of halogens is 1. The number of allylic oxidation sites excluding steroid dienone is 4. The van der Waals surface area contributed by atoms with Crippen molar-refractivity contribution in [3.63, 3.8) is 0 Å². The third kappa shape index (κ3) is 4.35. The largest absolute Gasteiger partial charge is 0.447 e. The first kappa shape index (κ1) is 30.0. The zero-order valence-corrected chi connectivity index (χ0v) is 24.9. The molecule has 3 saturated carbocycles. The van der Waals surface area contributed by atoms with Crippen molar-refractivity contribution in [3.8, 4) is 6.07 Å². The van der Waals surface area contributed by atoms with E-state index < -0.39 is 58.6 Å². The Hall–Kier alpha value is -4.09. The second kappa shape index (κ2) is 10.8. The number of benzene rings is 2. The van der Waals surface area contributed by atoms with Crippen molar-refractivity contribution in [3.05, 3.63) is 95.1 Å². The van der Waals surface area contributed by atoms with Crippen molar-refractivity contribution < 1.29 is 33.4 Å². The number of esters is 2. The van der Waals surface area contributed by atoms with Crippen LogP contribution in [0.3, 0.4) is 0 Å². The molecule has 0 aromatic heterocycles. The monoisotopic (exact) mass is 597 g/mol. The molecule has 7 nitrogen and oxygen atoms in total. The summed E-state index contributed by atoms with van der Waals surface area (Å²) >= 11 is 0. The number of carbonyl (C=O) groups excluding carboxylic acids is 3. The van der Waals surface area contributed by atoms with Crippen molar-refractivity contribution in [2.24, 2.45) is 22.7 Å². The molecule has 7 atom stereocenters. The Kier molecular flexibility index (Phi) is 7.36. The lowest BCUT2D eigenvalue weighted by atomic mass is 9.45. The number of carbonyl (C=O) groups is 3. The predicted molar refractivity (Wildman–Crippen MR) is 159 cm³/mol. The third-order valence-corrected chi connectivity index (χ3v) is 11.1. The molecule has 6 rings (SSSR count). The van der Waals surface area contributed by atoms with Gasteiger partial charge in [-0.15, -0.1) is 0 Å². The molecule has 0 heterocycles. The van der Waals surface area contributed by atoms with Crippen LogP contribution >= 0.6 is 0 Å². The van der Waals surface area contributed by atoms with Crippen LogP contribution in [0.25, 0.3) is 0 Å². The van der Waals surface area contributed by atoms with Crippen LogP contribution < -0.4 is 0 Å². The first-order valence-corrected chi connectivity index (χ1v) is 15.2. The highest BCUT2D eigenvalue weighted by Gasteiger charge is 2.76. The van der Waals surface area contributed by atoms with Crippen molar-refractivity contribution in [1.29, 1.82) is 5.26 Å². The van der Waals surface area contributed by atoms with E-state index in [1.807, 2.05) is 42.5 Å². The molecule has 2 unspecified atom stereocenters. The molecule has 2 aromatic rings. The molecule has 2 aromatic carbocycles. The van der Waals surface area contributed by atoms with E-state index in [9.17, 15) is 19.5 Å². The fraction of sp³-hybridized carbons (Fsp3) is 0.444. The van der Waals surface area contributed by atoms with Gasteiger partial charge < -0.3 is 14.6 Å². The van der Waals surface area contributed by atoms with Crippen LogP contribution in [0.5, 0.6) is 0 Å². The maximum atomic E-state index is 17.5. The average Bonchev–Trinajstić information content (AvgIpc) is 3.29. The molecular formula is C36H36FNO6. The van der Waals surface area contributed by atoms with Gasteiger partial charge in [0.2, 0.25) is 5.60 Å². The number of hydrogen-bond acceptors (Lipinski definition) is 7. The van der Waals surface area contributed by atoms with Gasteiger partial charge in [0, 0.05) is 16.7 Å². The Morgan fingerprint density at radius 3 is 2.45 bits per heavy atom. The number of aliphatic hydroxyl groups is 1. The minimum Gasteiger partial charge on any atom is -0.447 e. The van der Waals surface area contributed by atoms with Crippen molar-refractivity contribution in [2.45, 2.75) is 69.7 Å². The van der Waals surface area contributed by atoms with Gasteiger partial charge in [-0.05, 0) is 86.8 Å². The predicted octanol–water partition coefficient (Wildman–Crippen LogP) is 5.61. The highest BCUT2D eigenvalue weighted by atomic mass is 19.1. The lowest BCUT2D eigenvalue weighted by molar-refractivity contribution is -0.224. The molecule has 0 radical (unpaired) electrons. The lowest BCUT2D eigenvalue weighted by Crippen LogP contribution is -2.69. The van der Waals surface area contributed by atoms with E-state index in [1.165, 1.54) is 12.2 Å².